The molecule has 0 radical (unpaired) electrons. The molecule has 4 heteroatoms. The smallest absolute Gasteiger partial charge is 0.140 e. The molecule has 0 N–H and O–H groups in total. The maximum Gasteiger partial charge on any atom is 0.140 e. The van der Waals surface area contributed by atoms with Gasteiger partial charge in [-0.2, -0.15) is 5.26 Å². The number of nitrogens with zero attached hydrogens (tertiary/aromatic N) is 2. The molecular weight excluding hydrogens is 184 g/mol. The third-order valence-corrected chi connectivity index (χ3v) is 2.89. The first-order chi connectivity index (χ1) is 6.26. The van der Waals surface area contributed by atoms with Crippen LogP contribution >= 0.6 is 0 Å². The Morgan fingerprint density at radius 3 is 3.08 bits per heavy atom. The first-order valence-electron chi connectivity index (χ1n) is 3.96. The van der Waals surface area contributed by atoms with E-state index in [0.29, 0.717) is 17.2 Å². The average molecular weight is 194 g/mol. The fourth-order valence-electron chi connectivity index (χ4n) is 0.913. The largest absolute Gasteiger partial charge is 0.259 e. The van der Waals surface area contributed by atoms with E-state index in [1.807, 2.05) is 13.0 Å². The van der Waals surface area contributed by atoms with Gasteiger partial charge in [0.1, 0.15) is 11.8 Å². The van der Waals surface area contributed by atoms with Crippen molar-refractivity contribution in [2.45, 2.75) is 12.7 Å². The van der Waals surface area contributed by atoms with Crippen LogP contribution in [0, 0.1) is 11.3 Å². The summed E-state index contributed by atoms with van der Waals surface area (Å²) in [4.78, 5) is 3.83. The van der Waals surface area contributed by atoms with E-state index in [0.717, 1.165) is 5.56 Å². The molecule has 0 aliphatic rings. The average Bonchev–Trinajstić information content (AvgIpc) is 2.18. The molecule has 0 aliphatic heterocycles. The van der Waals surface area contributed by atoms with Gasteiger partial charge in [-0.05, 0) is 17.7 Å². The maximum atomic E-state index is 11.2. The summed E-state index contributed by atoms with van der Waals surface area (Å²) in [5.41, 5.74) is 1.29. The van der Waals surface area contributed by atoms with Crippen LogP contribution in [0.15, 0.2) is 18.3 Å². The van der Waals surface area contributed by atoms with Gasteiger partial charge >= 0.3 is 0 Å². The molecule has 1 aromatic heterocycles. The van der Waals surface area contributed by atoms with Gasteiger partial charge in [0, 0.05) is 28.5 Å². The van der Waals surface area contributed by atoms with Gasteiger partial charge in [0.2, 0.25) is 0 Å². The Kier molecular flexibility index (Phi) is 3.59. The lowest BCUT2D eigenvalue weighted by Crippen LogP contribution is -1.98. The van der Waals surface area contributed by atoms with Crippen molar-refractivity contribution in [1.82, 2.24) is 4.98 Å². The first-order valence-corrected chi connectivity index (χ1v) is 5.45. The minimum Gasteiger partial charge on any atom is -0.259 e. The first kappa shape index (κ1) is 9.87. The lowest BCUT2D eigenvalue weighted by Gasteiger charge is -1.98. The number of pyridine rings is 1. The Morgan fingerprint density at radius 2 is 2.46 bits per heavy atom. The third-order valence-electron chi connectivity index (χ3n) is 1.59. The van der Waals surface area contributed by atoms with E-state index in [-0.39, 0.29) is 0 Å². The number of nitriles is 1. The molecule has 0 saturated heterocycles. The Bertz CT molecular complexity index is 357. The van der Waals surface area contributed by atoms with Crippen molar-refractivity contribution < 1.29 is 4.21 Å². The zero-order valence-electron chi connectivity index (χ0n) is 7.36. The van der Waals surface area contributed by atoms with Crippen molar-refractivity contribution in [3.8, 4) is 6.07 Å². The van der Waals surface area contributed by atoms with Gasteiger partial charge in [-0.3, -0.25) is 4.21 Å². The van der Waals surface area contributed by atoms with Gasteiger partial charge in [-0.25, -0.2) is 4.98 Å². The highest BCUT2D eigenvalue weighted by molar-refractivity contribution is 7.84. The molecule has 0 spiro atoms. The summed E-state index contributed by atoms with van der Waals surface area (Å²) in [6.07, 6.45) is 1.57. The SMILES string of the molecule is CCS(=O)Cc1ccnc(C#N)c1. The Balaban J connectivity index is 2.79. The Labute approximate surface area is 79.9 Å². The molecule has 1 unspecified atom stereocenters. The summed E-state index contributed by atoms with van der Waals surface area (Å²) in [6, 6.07) is 5.41. The summed E-state index contributed by atoms with van der Waals surface area (Å²) in [5.74, 6) is 1.15. The molecule has 0 aromatic carbocycles. The van der Waals surface area contributed by atoms with E-state index < -0.39 is 10.8 Å². The predicted octanol–water partition coefficient (Wildman–Crippen LogP) is 1.22. The van der Waals surface area contributed by atoms with Crippen LogP contribution in [0.25, 0.3) is 0 Å². The van der Waals surface area contributed by atoms with E-state index >= 15 is 0 Å². The van der Waals surface area contributed by atoms with Crippen molar-refractivity contribution in [3.63, 3.8) is 0 Å². The fourth-order valence-corrected chi connectivity index (χ4v) is 1.67. The number of aromatic nitrogens is 1. The van der Waals surface area contributed by atoms with E-state index in [2.05, 4.69) is 4.98 Å². The second-order valence-corrected chi connectivity index (χ2v) is 4.28. The van der Waals surface area contributed by atoms with Crippen molar-refractivity contribution >= 4 is 10.8 Å². The molecule has 0 bridgehead atoms. The molecule has 0 amide bonds. The van der Waals surface area contributed by atoms with Crippen molar-refractivity contribution in [2.24, 2.45) is 0 Å². The van der Waals surface area contributed by atoms with Gasteiger partial charge in [-0.15, -0.1) is 0 Å². The molecular formula is C9H10N2OS. The molecule has 1 heterocycles. The maximum absolute atomic E-state index is 11.2. The van der Waals surface area contributed by atoms with E-state index in [4.69, 9.17) is 5.26 Å². The standard InChI is InChI=1S/C9H10N2OS/c1-2-13(12)7-8-3-4-11-9(5-8)6-10/h3-5H,2,7H2,1H3. The summed E-state index contributed by atoms with van der Waals surface area (Å²) < 4.78 is 11.2. The zero-order valence-corrected chi connectivity index (χ0v) is 8.17. The summed E-state index contributed by atoms with van der Waals surface area (Å²) in [6.45, 7) is 1.88. The second-order valence-electron chi connectivity index (χ2n) is 2.53. The van der Waals surface area contributed by atoms with E-state index in [1.54, 1.807) is 18.3 Å². The molecule has 3 nitrogen and oxygen atoms in total. The molecule has 13 heavy (non-hydrogen) atoms. The highest BCUT2D eigenvalue weighted by atomic mass is 32.2. The van der Waals surface area contributed by atoms with Gasteiger partial charge in [-0.1, -0.05) is 6.92 Å². The van der Waals surface area contributed by atoms with Crippen LogP contribution in [0.4, 0.5) is 0 Å². The quantitative estimate of drug-likeness (QED) is 0.727. The van der Waals surface area contributed by atoms with Crippen molar-refractivity contribution in [2.75, 3.05) is 5.75 Å². The lowest BCUT2D eigenvalue weighted by molar-refractivity contribution is 0.683. The molecule has 1 aromatic rings. The van der Waals surface area contributed by atoms with Crippen LogP contribution in [-0.2, 0) is 16.6 Å². The summed E-state index contributed by atoms with van der Waals surface area (Å²) in [7, 11) is -0.825. The highest BCUT2D eigenvalue weighted by Crippen LogP contribution is 2.04. The summed E-state index contributed by atoms with van der Waals surface area (Å²) >= 11 is 0. The molecule has 0 aliphatic carbocycles. The van der Waals surface area contributed by atoms with Crippen molar-refractivity contribution in [1.29, 1.82) is 5.26 Å². The molecule has 0 fully saturated rings. The van der Waals surface area contributed by atoms with Gasteiger partial charge in [0.05, 0.1) is 0 Å². The highest BCUT2D eigenvalue weighted by Gasteiger charge is 2.00. The molecule has 0 saturated carbocycles. The molecule has 68 valence electrons. The van der Waals surface area contributed by atoms with E-state index in [1.165, 1.54) is 0 Å². The normalized spacial score (nSPS) is 12.0. The van der Waals surface area contributed by atoms with Crippen LogP contribution in [0.3, 0.4) is 0 Å². The zero-order chi connectivity index (χ0) is 9.68. The van der Waals surface area contributed by atoms with Crippen LogP contribution < -0.4 is 0 Å². The third kappa shape index (κ3) is 2.96. The fraction of sp³-hybridized carbons (Fsp3) is 0.333. The number of hydrogen-bond acceptors (Lipinski definition) is 3. The number of hydrogen-bond donors (Lipinski definition) is 0. The number of rotatable bonds is 3. The van der Waals surface area contributed by atoms with Gasteiger partial charge in [0.25, 0.3) is 0 Å². The van der Waals surface area contributed by atoms with Gasteiger partial charge < -0.3 is 0 Å². The lowest BCUT2D eigenvalue weighted by atomic mass is 10.2. The minimum atomic E-state index is -0.825. The van der Waals surface area contributed by atoms with Crippen LogP contribution in [0.2, 0.25) is 0 Å². The summed E-state index contributed by atoms with van der Waals surface area (Å²) in [5, 5.41) is 8.57. The van der Waals surface area contributed by atoms with Crippen LogP contribution in [0.1, 0.15) is 18.2 Å². The molecule has 1 atom stereocenters. The predicted molar refractivity (Wildman–Crippen MR) is 51.3 cm³/mol. The minimum absolute atomic E-state index is 0.380. The Hall–Kier alpha value is -1.21. The van der Waals surface area contributed by atoms with Crippen LogP contribution in [0.5, 0.6) is 0 Å². The van der Waals surface area contributed by atoms with Crippen molar-refractivity contribution in [3.05, 3.63) is 29.6 Å². The van der Waals surface area contributed by atoms with E-state index in [9.17, 15) is 4.21 Å². The van der Waals surface area contributed by atoms with Gasteiger partial charge in [0.15, 0.2) is 0 Å². The Morgan fingerprint density at radius 1 is 1.69 bits per heavy atom. The van der Waals surface area contributed by atoms with Crippen LogP contribution in [-0.4, -0.2) is 14.9 Å². The second kappa shape index (κ2) is 4.73. The monoisotopic (exact) mass is 194 g/mol. The molecule has 1 rings (SSSR count). The topological polar surface area (TPSA) is 53.8 Å².